The van der Waals surface area contributed by atoms with Gasteiger partial charge < -0.3 is 15.1 Å². The normalized spacial score (nSPS) is 10.4. The molecule has 0 spiro atoms. The zero-order chi connectivity index (χ0) is 18.7. The summed E-state index contributed by atoms with van der Waals surface area (Å²) in [6, 6.07) is 12.4. The van der Waals surface area contributed by atoms with E-state index in [1.165, 1.54) is 13.3 Å². The molecule has 0 fully saturated rings. The van der Waals surface area contributed by atoms with Crippen LogP contribution >= 0.6 is 11.6 Å². The predicted molar refractivity (Wildman–Crippen MR) is 100 cm³/mol. The Morgan fingerprint density at radius 2 is 1.88 bits per heavy atom. The van der Waals surface area contributed by atoms with Gasteiger partial charge in [-0.1, -0.05) is 35.9 Å². The lowest BCUT2D eigenvalue weighted by atomic mass is 10.1. The predicted octanol–water partition coefficient (Wildman–Crippen LogP) is 4.51. The fourth-order valence-corrected chi connectivity index (χ4v) is 2.68. The summed E-state index contributed by atoms with van der Waals surface area (Å²) in [5, 5.41) is 5.69. The third-order valence-corrected chi connectivity index (χ3v) is 4.04. The van der Waals surface area contributed by atoms with Crippen LogP contribution in [-0.4, -0.2) is 16.8 Å². The molecule has 0 aliphatic rings. The Labute approximate surface area is 155 Å². The van der Waals surface area contributed by atoms with Crippen molar-refractivity contribution in [2.24, 2.45) is 0 Å². The molecule has 6 nitrogen and oxygen atoms in total. The lowest BCUT2D eigenvalue weighted by Gasteiger charge is -2.10. The maximum Gasteiger partial charge on any atom is 0.278 e. The van der Waals surface area contributed by atoms with Crippen LogP contribution in [0.3, 0.4) is 0 Å². The maximum absolute atomic E-state index is 12.7. The molecule has 0 unspecified atom stereocenters. The second-order valence-corrected chi connectivity index (χ2v) is 6.08. The fourth-order valence-electron chi connectivity index (χ4n) is 2.51. The van der Waals surface area contributed by atoms with E-state index in [0.717, 1.165) is 11.1 Å². The van der Waals surface area contributed by atoms with Crippen LogP contribution in [0.2, 0.25) is 5.02 Å². The molecule has 0 saturated carbocycles. The van der Waals surface area contributed by atoms with Gasteiger partial charge in [0, 0.05) is 18.2 Å². The van der Waals surface area contributed by atoms with Gasteiger partial charge in [-0.3, -0.25) is 9.59 Å². The minimum atomic E-state index is -0.459. The number of anilines is 2. The third-order valence-electron chi connectivity index (χ3n) is 3.71. The average molecular weight is 370 g/mol. The standard InChI is InChI=1S/C19H16ClN3O3/c1-11-5-3-4-6-14(11)18-17(21-10-26-18)19(25)23-16-9-13(22-12(2)24)7-8-15(16)20/h3-10H,1-2H3,(H,22,24)(H,23,25). The lowest BCUT2D eigenvalue weighted by Crippen LogP contribution is -2.14. The Kier molecular flexibility index (Phi) is 5.04. The monoisotopic (exact) mass is 369 g/mol. The van der Waals surface area contributed by atoms with Crippen molar-refractivity contribution in [2.45, 2.75) is 13.8 Å². The number of aromatic nitrogens is 1. The van der Waals surface area contributed by atoms with Gasteiger partial charge in [0.05, 0.1) is 10.7 Å². The van der Waals surface area contributed by atoms with Crippen LogP contribution in [0.1, 0.15) is 23.0 Å². The first kappa shape index (κ1) is 17.7. The summed E-state index contributed by atoms with van der Waals surface area (Å²) in [6.07, 6.45) is 1.23. The number of carbonyl (C=O) groups is 2. The van der Waals surface area contributed by atoms with Gasteiger partial charge in [-0.2, -0.15) is 0 Å². The summed E-state index contributed by atoms with van der Waals surface area (Å²) in [6.45, 7) is 3.32. The van der Waals surface area contributed by atoms with Gasteiger partial charge in [0.1, 0.15) is 0 Å². The summed E-state index contributed by atoms with van der Waals surface area (Å²) in [7, 11) is 0. The van der Waals surface area contributed by atoms with E-state index in [-0.39, 0.29) is 11.6 Å². The van der Waals surface area contributed by atoms with Gasteiger partial charge in [-0.25, -0.2) is 4.98 Å². The number of amides is 2. The molecule has 132 valence electrons. The van der Waals surface area contributed by atoms with Crippen LogP contribution in [-0.2, 0) is 4.79 Å². The summed E-state index contributed by atoms with van der Waals surface area (Å²) in [4.78, 5) is 27.9. The molecule has 0 radical (unpaired) electrons. The maximum atomic E-state index is 12.7. The molecule has 1 aromatic heterocycles. The van der Waals surface area contributed by atoms with Gasteiger partial charge in [0.25, 0.3) is 5.91 Å². The molecule has 3 aromatic rings. The number of hydrogen-bond acceptors (Lipinski definition) is 4. The third kappa shape index (κ3) is 3.75. The first-order valence-corrected chi connectivity index (χ1v) is 8.21. The zero-order valence-electron chi connectivity index (χ0n) is 14.2. The molecule has 2 aromatic carbocycles. The molecular weight excluding hydrogens is 354 g/mol. The van der Waals surface area contributed by atoms with E-state index in [1.54, 1.807) is 18.2 Å². The molecule has 2 amide bonds. The summed E-state index contributed by atoms with van der Waals surface area (Å²) in [5.74, 6) is -0.295. The van der Waals surface area contributed by atoms with E-state index in [9.17, 15) is 9.59 Å². The number of halogens is 1. The second kappa shape index (κ2) is 7.41. The van der Waals surface area contributed by atoms with Crippen molar-refractivity contribution >= 4 is 34.8 Å². The van der Waals surface area contributed by atoms with E-state index < -0.39 is 5.91 Å². The van der Waals surface area contributed by atoms with E-state index in [4.69, 9.17) is 16.0 Å². The number of nitrogens with one attached hydrogen (secondary N) is 2. The number of oxazole rings is 1. The molecule has 7 heteroatoms. The summed E-state index contributed by atoms with van der Waals surface area (Å²) >= 11 is 6.15. The number of nitrogens with zero attached hydrogens (tertiary/aromatic N) is 1. The first-order valence-electron chi connectivity index (χ1n) is 7.83. The SMILES string of the molecule is CC(=O)Nc1ccc(Cl)c(NC(=O)c2ncoc2-c2ccccc2C)c1. The lowest BCUT2D eigenvalue weighted by molar-refractivity contribution is -0.114. The highest BCUT2D eigenvalue weighted by atomic mass is 35.5. The number of carbonyl (C=O) groups excluding carboxylic acids is 2. The van der Waals surface area contributed by atoms with Gasteiger partial charge in [0.2, 0.25) is 5.91 Å². The Morgan fingerprint density at radius 3 is 2.62 bits per heavy atom. The first-order chi connectivity index (χ1) is 12.5. The molecule has 26 heavy (non-hydrogen) atoms. The topological polar surface area (TPSA) is 84.2 Å². The van der Waals surface area contributed by atoms with Gasteiger partial charge in [-0.15, -0.1) is 0 Å². The molecule has 0 aliphatic carbocycles. The van der Waals surface area contributed by atoms with Crippen molar-refractivity contribution in [1.82, 2.24) is 4.98 Å². The Hall–Kier alpha value is -3.12. The minimum absolute atomic E-state index is 0.153. The smallest absolute Gasteiger partial charge is 0.278 e. The largest absolute Gasteiger partial charge is 0.443 e. The van der Waals surface area contributed by atoms with Crippen LogP contribution in [0.15, 0.2) is 53.3 Å². The number of hydrogen-bond donors (Lipinski definition) is 2. The van der Waals surface area contributed by atoms with Gasteiger partial charge in [0.15, 0.2) is 17.8 Å². The van der Waals surface area contributed by atoms with E-state index in [0.29, 0.717) is 22.2 Å². The zero-order valence-corrected chi connectivity index (χ0v) is 14.9. The number of aryl methyl sites for hydroxylation is 1. The van der Waals surface area contributed by atoms with E-state index in [2.05, 4.69) is 15.6 Å². The van der Waals surface area contributed by atoms with Crippen LogP contribution in [0.4, 0.5) is 11.4 Å². The fraction of sp³-hybridized carbons (Fsp3) is 0.105. The molecule has 0 saturated heterocycles. The van der Waals surface area contributed by atoms with Crippen molar-refractivity contribution < 1.29 is 14.0 Å². The highest BCUT2D eigenvalue weighted by Gasteiger charge is 2.20. The van der Waals surface area contributed by atoms with Crippen LogP contribution in [0.25, 0.3) is 11.3 Å². The number of benzene rings is 2. The second-order valence-electron chi connectivity index (χ2n) is 5.67. The Bertz CT molecular complexity index is 982. The average Bonchev–Trinajstić information content (AvgIpc) is 3.07. The van der Waals surface area contributed by atoms with Crippen molar-refractivity contribution in [1.29, 1.82) is 0 Å². The number of rotatable bonds is 4. The van der Waals surface area contributed by atoms with Crippen molar-refractivity contribution in [2.75, 3.05) is 10.6 Å². The minimum Gasteiger partial charge on any atom is -0.443 e. The van der Waals surface area contributed by atoms with Gasteiger partial charge >= 0.3 is 0 Å². The molecule has 0 aliphatic heterocycles. The van der Waals surface area contributed by atoms with Crippen LogP contribution < -0.4 is 10.6 Å². The van der Waals surface area contributed by atoms with Crippen molar-refractivity contribution in [3.05, 3.63) is 65.1 Å². The van der Waals surface area contributed by atoms with E-state index in [1.807, 2.05) is 31.2 Å². The van der Waals surface area contributed by atoms with Gasteiger partial charge in [-0.05, 0) is 30.7 Å². The van der Waals surface area contributed by atoms with E-state index >= 15 is 0 Å². The molecule has 3 rings (SSSR count). The summed E-state index contributed by atoms with van der Waals surface area (Å²) in [5.41, 5.74) is 2.79. The Balaban J connectivity index is 1.90. The van der Waals surface area contributed by atoms with Crippen LogP contribution in [0.5, 0.6) is 0 Å². The highest BCUT2D eigenvalue weighted by molar-refractivity contribution is 6.34. The summed E-state index contributed by atoms with van der Waals surface area (Å²) < 4.78 is 5.44. The molecule has 0 atom stereocenters. The van der Waals surface area contributed by atoms with Crippen LogP contribution in [0, 0.1) is 6.92 Å². The quantitative estimate of drug-likeness (QED) is 0.708. The Morgan fingerprint density at radius 1 is 1.12 bits per heavy atom. The molecular formula is C19H16ClN3O3. The van der Waals surface area contributed by atoms with Crippen molar-refractivity contribution in [3.8, 4) is 11.3 Å². The molecule has 2 N–H and O–H groups in total. The highest BCUT2D eigenvalue weighted by Crippen LogP contribution is 2.29. The molecule has 0 bridgehead atoms. The van der Waals surface area contributed by atoms with Crippen molar-refractivity contribution in [3.63, 3.8) is 0 Å². The molecule has 1 heterocycles.